The van der Waals surface area contributed by atoms with Gasteiger partial charge in [-0.3, -0.25) is 0 Å². The number of terminal acetylenes is 1. The summed E-state index contributed by atoms with van der Waals surface area (Å²) in [6.07, 6.45) is 20.4. The highest BCUT2D eigenvalue weighted by Gasteiger charge is 2.07. The normalized spacial score (nSPS) is 13.1. The number of rotatable bonds is 5. The molecular weight excluding hydrogens is 685 g/mol. The van der Waals surface area contributed by atoms with Gasteiger partial charge in [0.2, 0.25) is 0 Å². The van der Waals surface area contributed by atoms with Crippen LogP contribution in [0.2, 0.25) is 0 Å². The Labute approximate surface area is 347 Å². The first-order valence-electron chi connectivity index (χ1n) is 18.8. The fourth-order valence-electron chi connectivity index (χ4n) is 6.64. The summed E-state index contributed by atoms with van der Waals surface area (Å²) in [5.41, 5.74) is 12.9. The minimum atomic E-state index is 0. The zero-order valence-electron chi connectivity index (χ0n) is 32.2. The second kappa shape index (κ2) is 24.6. The van der Waals surface area contributed by atoms with Crippen LogP contribution in [0.5, 0.6) is 0 Å². The number of allylic oxidation sites excluding steroid dienone is 5. The van der Waals surface area contributed by atoms with Crippen LogP contribution in [0.3, 0.4) is 0 Å². The molecule has 0 nitrogen and oxygen atoms in total. The molecule has 0 radical (unpaired) electrons. The minimum absolute atomic E-state index is 0. The van der Waals surface area contributed by atoms with Crippen molar-refractivity contribution in [3.63, 3.8) is 0 Å². The first-order valence-corrected chi connectivity index (χ1v) is 18.8. The molecule has 0 aromatic heterocycles. The third-order valence-corrected chi connectivity index (χ3v) is 10.1. The summed E-state index contributed by atoms with van der Waals surface area (Å²) in [6, 6.07) is 47.6. The number of benzene rings is 6. The third kappa shape index (κ3) is 12.8. The Morgan fingerprint density at radius 3 is 1.95 bits per heavy atom. The molecule has 1 aliphatic carbocycles. The molecule has 1 unspecified atom stereocenters. The summed E-state index contributed by atoms with van der Waals surface area (Å²) in [6.45, 7) is 12.9. The van der Waals surface area contributed by atoms with Crippen LogP contribution >= 0.6 is 0 Å². The molecule has 0 spiro atoms. The Morgan fingerprint density at radius 1 is 0.702 bits per heavy atom. The third-order valence-electron chi connectivity index (χ3n) is 10.1. The summed E-state index contributed by atoms with van der Waals surface area (Å²) >= 11 is 0. The molecule has 6 aromatic rings. The molecule has 0 heteroatoms. The molecule has 0 N–H and O–H groups in total. The first kappa shape index (κ1) is 49.1. The van der Waals surface area contributed by atoms with E-state index in [-0.39, 0.29) is 29.7 Å². The average molecular weight is 753 g/mol. The van der Waals surface area contributed by atoms with Gasteiger partial charge in [-0.15, -0.1) is 6.42 Å². The van der Waals surface area contributed by atoms with E-state index in [4.69, 9.17) is 6.42 Å². The van der Waals surface area contributed by atoms with E-state index >= 15 is 0 Å². The summed E-state index contributed by atoms with van der Waals surface area (Å²) in [5.74, 6) is 3.36. The zero-order chi connectivity index (χ0) is 37.6. The second-order valence-corrected chi connectivity index (χ2v) is 13.7. The van der Waals surface area contributed by atoms with Crippen molar-refractivity contribution in [3.8, 4) is 34.6 Å². The number of hydrogen-bond acceptors (Lipinski definition) is 0. The average Bonchev–Trinajstić information content (AvgIpc) is 3.22. The van der Waals surface area contributed by atoms with Crippen LogP contribution in [0.15, 0.2) is 164 Å². The van der Waals surface area contributed by atoms with Crippen LogP contribution in [0.1, 0.15) is 98.4 Å². The molecule has 0 aliphatic heterocycles. The lowest BCUT2D eigenvalue weighted by Crippen LogP contribution is -2.28. The molecule has 57 heavy (non-hydrogen) atoms. The van der Waals surface area contributed by atoms with Gasteiger partial charge < -0.3 is 0 Å². The monoisotopic (exact) mass is 753 g/mol. The summed E-state index contributed by atoms with van der Waals surface area (Å²) in [5, 5.41) is 5.03. The van der Waals surface area contributed by atoms with Gasteiger partial charge >= 0.3 is 0 Å². The van der Waals surface area contributed by atoms with E-state index in [1.54, 1.807) is 0 Å². The van der Waals surface area contributed by atoms with Gasteiger partial charge in [0, 0.05) is 5.57 Å². The van der Waals surface area contributed by atoms with Crippen molar-refractivity contribution in [2.75, 3.05) is 0 Å². The van der Waals surface area contributed by atoms with Gasteiger partial charge in [0.1, 0.15) is 0 Å². The van der Waals surface area contributed by atoms with Crippen molar-refractivity contribution >= 4 is 28.0 Å². The van der Waals surface area contributed by atoms with Gasteiger partial charge in [-0.25, -0.2) is 0 Å². The van der Waals surface area contributed by atoms with E-state index in [1.165, 1.54) is 77.7 Å². The van der Waals surface area contributed by atoms with Gasteiger partial charge in [-0.1, -0.05) is 225 Å². The number of fused-ring (bicyclic) bond motifs is 1. The number of aryl methyl sites for hydroxylation is 1. The standard InChI is InChI=1S/C20H24.C17H14.C16H14.4CH4/c1-5-8-18-9-7-10-20(16(18)4)19-13-11-17(12-14-19)15(3)6-2;1-13-9-11-15(12-10-13)17-8-4-6-14-5-2-3-7-16(14)17;1-3-13(2)15-11-7-8-12-16(15)14-9-5-4-6-10-14;;;;/h5,7-15H,6H2,1-4H3;2-12H,1H3;1,4-9,11-12H,10H2,2H3;4*1H4/b8-5-;;15-13-,16-14-;;;;. The van der Waals surface area contributed by atoms with Gasteiger partial charge in [0.15, 0.2) is 0 Å². The van der Waals surface area contributed by atoms with Gasteiger partial charge in [0.05, 0.1) is 0 Å². The highest BCUT2D eigenvalue weighted by molar-refractivity contribution is 5.96. The molecule has 0 fully saturated rings. The van der Waals surface area contributed by atoms with Crippen molar-refractivity contribution in [2.24, 2.45) is 0 Å². The van der Waals surface area contributed by atoms with Crippen LogP contribution < -0.4 is 10.4 Å². The molecule has 0 saturated carbocycles. The van der Waals surface area contributed by atoms with Crippen molar-refractivity contribution in [3.05, 3.63) is 197 Å². The van der Waals surface area contributed by atoms with Crippen molar-refractivity contribution < 1.29 is 0 Å². The Balaban J connectivity index is 0.000000415. The maximum absolute atomic E-state index is 5.47. The predicted molar refractivity (Wildman–Crippen MR) is 261 cm³/mol. The molecule has 296 valence electrons. The molecule has 0 saturated heterocycles. The highest BCUT2D eigenvalue weighted by Crippen LogP contribution is 2.30. The maximum atomic E-state index is 5.47. The Bertz CT molecular complexity index is 2380. The lowest BCUT2D eigenvalue weighted by molar-refractivity contribution is 0.734. The first-order chi connectivity index (χ1) is 25.8. The topological polar surface area (TPSA) is 0 Å². The minimum Gasteiger partial charge on any atom is -0.115 e. The van der Waals surface area contributed by atoms with Crippen LogP contribution in [-0.2, 0) is 0 Å². The smallest absolute Gasteiger partial charge is 0.00650 e. The van der Waals surface area contributed by atoms with E-state index in [9.17, 15) is 0 Å². The predicted octanol–water partition coefficient (Wildman–Crippen LogP) is 15.7. The van der Waals surface area contributed by atoms with Crippen LogP contribution in [0, 0.1) is 26.2 Å². The Kier molecular flexibility index (Phi) is 21.2. The molecule has 7 rings (SSSR count). The summed E-state index contributed by atoms with van der Waals surface area (Å²) < 4.78 is 0. The molecule has 0 bridgehead atoms. The van der Waals surface area contributed by atoms with Crippen molar-refractivity contribution in [1.82, 2.24) is 0 Å². The van der Waals surface area contributed by atoms with E-state index in [2.05, 4.69) is 204 Å². The summed E-state index contributed by atoms with van der Waals surface area (Å²) in [7, 11) is 0. The maximum Gasteiger partial charge on any atom is 0.00650 e. The van der Waals surface area contributed by atoms with Crippen LogP contribution in [0.4, 0.5) is 0 Å². The SMILES string of the molecule is C.C.C.C.C#C/C(C)=c1/cccc/c1=C1\C=CC=CC1.C/C=C\c1cccc(-c2ccc(C(C)CC)cc2)c1C.Cc1ccc(-c2cccc3ccccc23)cc1. The van der Waals surface area contributed by atoms with Crippen molar-refractivity contribution in [1.29, 1.82) is 0 Å². The van der Waals surface area contributed by atoms with E-state index in [0.29, 0.717) is 5.92 Å². The fourth-order valence-corrected chi connectivity index (χ4v) is 6.64. The fraction of sp³-hybridized carbons (Fsp3) is 0.228. The molecule has 6 aromatic carbocycles. The van der Waals surface area contributed by atoms with Crippen molar-refractivity contribution in [2.45, 2.75) is 90.0 Å². The number of hydrogen-bond donors (Lipinski definition) is 0. The molecule has 1 aliphatic rings. The lowest BCUT2D eigenvalue weighted by atomic mass is 9.93. The second-order valence-electron chi connectivity index (χ2n) is 13.7. The summed E-state index contributed by atoms with van der Waals surface area (Å²) in [4.78, 5) is 0. The zero-order valence-corrected chi connectivity index (χ0v) is 32.2. The molecular formula is C57H68. The van der Waals surface area contributed by atoms with E-state index in [0.717, 1.165) is 12.0 Å². The Morgan fingerprint density at radius 2 is 1.30 bits per heavy atom. The lowest BCUT2D eigenvalue weighted by Gasteiger charge is -2.12. The Hall–Kier alpha value is -5.90. The molecule has 1 atom stereocenters. The highest BCUT2D eigenvalue weighted by atomic mass is 14.1. The van der Waals surface area contributed by atoms with Gasteiger partial charge in [0.25, 0.3) is 0 Å². The van der Waals surface area contributed by atoms with Crippen LogP contribution in [-0.4, -0.2) is 0 Å². The molecule has 0 heterocycles. The van der Waals surface area contributed by atoms with Gasteiger partial charge in [-0.05, 0) is 112 Å². The largest absolute Gasteiger partial charge is 0.115 e. The van der Waals surface area contributed by atoms with E-state index < -0.39 is 0 Å². The van der Waals surface area contributed by atoms with E-state index in [1.807, 2.05) is 13.0 Å². The quantitative estimate of drug-likeness (QED) is 0.154. The molecule has 0 amide bonds. The van der Waals surface area contributed by atoms with Crippen LogP contribution in [0.25, 0.3) is 50.2 Å². The van der Waals surface area contributed by atoms with Gasteiger partial charge in [-0.2, -0.15) is 0 Å².